The van der Waals surface area contributed by atoms with Crippen LogP contribution in [0.15, 0.2) is 0 Å². The molecule has 32 heavy (non-hydrogen) atoms. The molecular weight excluding hydrogens is 431 g/mol. The van der Waals surface area contributed by atoms with Crippen LogP contribution in [-0.4, -0.2) is 77.2 Å². The molecule has 2 heterocycles. The lowest BCUT2D eigenvalue weighted by Gasteiger charge is -2.48. The summed E-state index contributed by atoms with van der Waals surface area (Å²) >= 11 is 0. The number of nitrogens with one attached hydrogen (secondary N) is 1. The van der Waals surface area contributed by atoms with Crippen molar-refractivity contribution in [1.82, 2.24) is 10.2 Å². The van der Waals surface area contributed by atoms with Crippen LogP contribution in [0.5, 0.6) is 0 Å². The normalized spacial score (nSPS) is 25.4. The Hall–Kier alpha value is -1.90. The van der Waals surface area contributed by atoms with Crippen LogP contribution >= 0.6 is 0 Å². The molecule has 1 amide bonds. The van der Waals surface area contributed by atoms with Gasteiger partial charge in [-0.25, -0.2) is 4.79 Å². The van der Waals surface area contributed by atoms with E-state index in [1.807, 2.05) is 6.92 Å². The van der Waals surface area contributed by atoms with Crippen molar-refractivity contribution in [2.45, 2.75) is 82.1 Å². The Morgan fingerprint density at radius 2 is 1.78 bits per heavy atom. The summed E-state index contributed by atoms with van der Waals surface area (Å²) < 4.78 is 37.2. The van der Waals surface area contributed by atoms with Crippen molar-refractivity contribution in [3.05, 3.63) is 0 Å². The van der Waals surface area contributed by atoms with E-state index in [9.17, 15) is 28.3 Å². The van der Waals surface area contributed by atoms with Crippen LogP contribution in [0.4, 0.5) is 13.2 Å². The molecule has 3 aliphatic rings. The highest BCUT2D eigenvalue weighted by Crippen LogP contribution is 2.47. The first-order valence-electron chi connectivity index (χ1n) is 10.9. The van der Waals surface area contributed by atoms with Crippen molar-refractivity contribution in [3.8, 4) is 6.07 Å². The van der Waals surface area contributed by atoms with Gasteiger partial charge in [0.05, 0.1) is 18.7 Å². The Morgan fingerprint density at radius 1 is 1.22 bits per heavy atom. The van der Waals surface area contributed by atoms with Gasteiger partial charge in [-0.3, -0.25) is 10.1 Å². The smallest absolute Gasteiger partial charge is 0.475 e. The van der Waals surface area contributed by atoms with E-state index >= 15 is 0 Å². The quantitative estimate of drug-likeness (QED) is 0.584. The molecular formula is C21H32F3N3O5. The van der Waals surface area contributed by atoms with Crippen LogP contribution in [0.1, 0.15) is 58.3 Å². The number of ether oxygens (including phenoxy) is 1. The summed E-state index contributed by atoms with van der Waals surface area (Å²) in [4.78, 5) is 23.4. The van der Waals surface area contributed by atoms with Gasteiger partial charge in [0.2, 0.25) is 5.91 Å². The summed E-state index contributed by atoms with van der Waals surface area (Å²) in [5, 5.41) is 29.8. The lowest BCUT2D eigenvalue weighted by molar-refractivity contribution is -0.192. The topological polar surface area (TPSA) is 123 Å². The van der Waals surface area contributed by atoms with Crippen molar-refractivity contribution in [3.63, 3.8) is 0 Å². The number of rotatable bonds is 4. The molecule has 0 radical (unpaired) electrons. The first-order valence-corrected chi connectivity index (χ1v) is 10.9. The Bertz CT molecular complexity index is 694. The highest BCUT2D eigenvalue weighted by Gasteiger charge is 2.44. The molecule has 3 N–H and O–H groups in total. The summed E-state index contributed by atoms with van der Waals surface area (Å²) in [6.45, 7) is 4.28. The molecule has 0 bridgehead atoms. The Balaban J connectivity index is 0.000000451. The van der Waals surface area contributed by atoms with Crippen molar-refractivity contribution in [1.29, 1.82) is 5.26 Å². The van der Waals surface area contributed by atoms with Gasteiger partial charge in [0.1, 0.15) is 6.04 Å². The van der Waals surface area contributed by atoms with E-state index in [4.69, 9.17) is 14.6 Å². The number of aliphatic hydroxyl groups excluding tert-OH is 1. The number of carboxylic acids is 1. The van der Waals surface area contributed by atoms with Crippen LogP contribution in [0.25, 0.3) is 0 Å². The van der Waals surface area contributed by atoms with Gasteiger partial charge >= 0.3 is 12.1 Å². The van der Waals surface area contributed by atoms with E-state index in [1.165, 1.54) is 0 Å². The SMILES string of the molecule is CC(NC1(CO)CCC2(CCOCC2)CC1)C(=O)N1CCC[C@H]1C#N.O=C(O)C(F)(F)F. The van der Waals surface area contributed by atoms with Gasteiger partial charge in [0.25, 0.3) is 0 Å². The average Bonchev–Trinajstić information content (AvgIpc) is 3.24. The number of amides is 1. The van der Waals surface area contributed by atoms with Crippen molar-refractivity contribution >= 4 is 11.9 Å². The number of nitriles is 1. The molecule has 11 heteroatoms. The van der Waals surface area contributed by atoms with Gasteiger partial charge in [0, 0.05) is 25.3 Å². The molecule has 182 valence electrons. The van der Waals surface area contributed by atoms with E-state index in [1.54, 1.807) is 4.90 Å². The summed E-state index contributed by atoms with van der Waals surface area (Å²) in [5.74, 6) is -2.77. The third-order valence-corrected chi connectivity index (χ3v) is 6.94. The summed E-state index contributed by atoms with van der Waals surface area (Å²) in [5.41, 5.74) is -0.00675. The number of hydrogen-bond acceptors (Lipinski definition) is 6. The van der Waals surface area contributed by atoms with E-state index in [0.29, 0.717) is 12.0 Å². The fourth-order valence-electron chi connectivity index (χ4n) is 4.85. The number of carboxylic acid groups (broad SMARTS) is 1. The van der Waals surface area contributed by atoms with Gasteiger partial charge in [-0.05, 0) is 63.7 Å². The number of likely N-dealkylation sites (tertiary alicyclic amines) is 1. The lowest BCUT2D eigenvalue weighted by Crippen LogP contribution is -2.59. The summed E-state index contributed by atoms with van der Waals surface area (Å²) in [7, 11) is 0. The van der Waals surface area contributed by atoms with Gasteiger partial charge in [-0.15, -0.1) is 0 Å². The summed E-state index contributed by atoms with van der Waals surface area (Å²) in [6.07, 6.45) is 2.74. The molecule has 8 nitrogen and oxygen atoms in total. The number of aliphatic carboxylic acids is 1. The fourth-order valence-corrected chi connectivity index (χ4v) is 4.85. The molecule has 1 saturated carbocycles. The fraction of sp³-hybridized carbons (Fsp3) is 0.857. The Kier molecular flexibility index (Phi) is 8.90. The van der Waals surface area contributed by atoms with Gasteiger partial charge in [0.15, 0.2) is 0 Å². The highest BCUT2D eigenvalue weighted by molar-refractivity contribution is 5.82. The van der Waals surface area contributed by atoms with Crippen LogP contribution in [0.2, 0.25) is 0 Å². The van der Waals surface area contributed by atoms with Gasteiger partial charge in [-0.1, -0.05) is 0 Å². The molecule has 2 aliphatic heterocycles. The third kappa shape index (κ3) is 6.56. The minimum Gasteiger partial charge on any atom is -0.475 e. The molecule has 0 aromatic heterocycles. The molecule has 1 unspecified atom stereocenters. The lowest BCUT2D eigenvalue weighted by atomic mass is 9.64. The average molecular weight is 463 g/mol. The van der Waals surface area contributed by atoms with E-state index in [0.717, 1.165) is 64.6 Å². The van der Waals surface area contributed by atoms with Crippen molar-refractivity contribution < 1.29 is 37.7 Å². The molecule has 3 fully saturated rings. The first-order chi connectivity index (χ1) is 15.0. The Labute approximate surface area is 185 Å². The predicted octanol–water partition coefficient (Wildman–Crippen LogP) is 2.21. The number of aliphatic hydroxyl groups is 1. The maximum Gasteiger partial charge on any atom is 0.490 e. The van der Waals surface area contributed by atoms with Crippen LogP contribution in [-0.2, 0) is 14.3 Å². The molecule has 2 saturated heterocycles. The monoisotopic (exact) mass is 463 g/mol. The number of carbonyl (C=O) groups excluding carboxylic acids is 1. The maximum atomic E-state index is 12.8. The van der Waals surface area contributed by atoms with Crippen LogP contribution in [0.3, 0.4) is 0 Å². The number of nitrogens with zero attached hydrogens (tertiary/aromatic N) is 2. The van der Waals surface area contributed by atoms with Crippen molar-refractivity contribution in [2.24, 2.45) is 5.41 Å². The van der Waals surface area contributed by atoms with Crippen LogP contribution < -0.4 is 5.32 Å². The molecule has 1 aliphatic carbocycles. The molecule has 3 rings (SSSR count). The minimum atomic E-state index is -5.08. The third-order valence-electron chi connectivity index (χ3n) is 6.94. The molecule has 2 atom stereocenters. The Morgan fingerprint density at radius 3 is 2.25 bits per heavy atom. The van der Waals surface area contributed by atoms with Gasteiger partial charge < -0.3 is 19.8 Å². The summed E-state index contributed by atoms with van der Waals surface area (Å²) in [6, 6.07) is 1.57. The minimum absolute atomic E-state index is 0.0109. The van der Waals surface area contributed by atoms with E-state index in [2.05, 4.69) is 11.4 Å². The standard InChI is InChI=1S/C19H31N3O3.C2HF3O2/c1-15(17(24)22-10-2-3-16(22)13-20)21-19(14-23)6-4-18(5-7-19)8-11-25-12-9-18;3-2(4,5)1(6)7/h15-16,21,23H,2-12,14H2,1H3;(H,6,7)/t15?,16-;/m0./s1. The van der Waals surface area contributed by atoms with Crippen LogP contribution in [0, 0.1) is 16.7 Å². The molecule has 1 spiro atoms. The second-order valence-electron chi connectivity index (χ2n) is 9.04. The largest absolute Gasteiger partial charge is 0.490 e. The van der Waals surface area contributed by atoms with Crippen molar-refractivity contribution in [2.75, 3.05) is 26.4 Å². The zero-order chi connectivity index (χ0) is 24.0. The highest BCUT2D eigenvalue weighted by atomic mass is 19.4. The molecule has 0 aromatic carbocycles. The number of hydrogen-bond donors (Lipinski definition) is 3. The zero-order valence-corrected chi connectivity index (χ0v) is 18.3. The predicted molar refractivity (Wildman–Crippen MR) is 107 cm³/mol. The molecule has 0 aromatic rings. The van der Waals surface area contributed by atoms with E-state index < -0.39 is 12.1 Å². The zero-order valence-electron chi connectivity index (χ0n) is 18.3. The first kappa shape index (κ1) is 26.4. The van der Waals surface area contributed by atoms with E-state index in [-0.39, 0.29) is 30.1 Å². The second-order valence-corrected chi connectivity index (χ2v) is 9.04. The van der Waals surface area contributed by atoms with Gasteiger partial charge in [-0.2, -0.15) is 18.4 Å². The number of halogens is 3. The number of alkyl halides is 3. The second kappa shape index (κ2) is 10.8. The maximum absolute atomic E-state index is 12.8. The number of carbonyl (C=O) groups is 2.